The zero-order chi connectivity index (χ0) is 29.6. The monoisotopic (exact) mass is 585 g/mol. The second-order valence-electron chi connectivity index (χ2n) is 9.97. The van der Waals surface area contributed by atoms with E-state index >= 15 is 0 Å². The molecule has 214 valence electrons. The minimum absolute atomic E-state index is 0.0465. The van der Waals surface area contributed by atoms with E-state index < -0.39 is 28.5 Å². The number of nitrogens with zero attached hydrogens (tertiary/aromatic N) is 2. The molecule has 0 aliphatic heterocycles. The number of sulfonamides is 1. The van der Waals surface area contributed by atoms with Gasteiger partial charge < -0.3 is 15.0 Å². The van der Waals surface area contributed by atoms with Crippen LogP contribution in [-0.2, 0) is 26.2 Å². The first kappa shape index (κ1) is 31.0. The van der Waals surface area contributed by atoms with E-state index in [1.54, 1.807) is 69.5 Å². The third-order valence-electron chi connectivity index (χ3n) is 6.40. The van der Waals surface area contributed by atoms with Gasteiger partial charge in [-0.15, -0.1) is 0 Å². The number of nitrogens with one attached hydrogen (secondary N) is 1. The summed E-state index contributed by atoms with van der Waals surface area (Å²) in [4.78, 5) is 28.5. The zero-order valence-corrected chi connectivity index (χ0v) is 25.2. The molecule has 40 heavy (non-hydrogen) atoms. The van der Waals surface area contributed by atoms with Crippen LogP contribution in [0.2, 0.25) is 5.02 Å². The first-order valence-corrected chi connectivity index (χ1v) is 14.7. The van der Waals surface area contributed by atoms with Gasteiger partial charge in [0.05, 0.1) is 17.7 Å². The lowest BCUT2D eigenvalue weighted by atomic mass is 10.1. The minimum atomic E-state index is -4.16. The van der Waals surface area contributed by atoms with Crippen molar-refractivity contribution in [2.45, 2.75) is 58.1 Å². The summed E-state index contributed by atoms with van der Waals surface area (Å²) in [5.74, 6) is -0.286. The molecule has 3 aromatic carbocycles. The molecule has 0 radical (unpaired) electrons. The van der Waals surface area contributed by atoms with Crippen LogP contribution in [0, 0.1) is 13.8 Å². The number of carbonyl (C=O) groups is 2. The number of hydrogen-bond acceptors (Lipinski definition) is 5. The highest BCUT2D eigenvalue weighted by molar-refractivity contribution is 7.92. The molecule has 3 rings (SSSR count). The highest BCUT2D eigenvalue weighted by atomic mass is 35.5. The van der Waals surface area contributed by atoms with Gasteiger partial charge in [0.25, 0.3) is 10.0 Å². The molecule has 0 bridgehead atoms. The number of methoxy groups -OCH3 is 1. The number of carbonyl (C=O) groups excluding carboxylic acids is 2. The molecular weight excluding hydrogens is 550 g/mol. The summed E-state index contributed by atoms with van der Waals surface area (Å²) in [6, 6.07) is 17.4. The Labute approximate surface area is 241 Å². The molecule has 3 aromatic rings. The maximum absolute atomic E-state index is 14.0. The maximum atomic E-state index is 14.0. The average Bonchev–Trinajstić information content (AvgIpc) is 2.90. The maximum Gasteiger partial charge on any atom is 0.264 e. The van der Waals surface area contributed by atoms with E-state index in [0.29, 0.717) is 22.0 Å². The Bertz CT molecular complexity index is 1460. The summed E-state index contributed by atoms with van der Waals surface area (Å²) in [5.41, 5.74) is 2.53. The summed E-state index contributed by atoms with van der Waals surface area (Å²) in [6.07, 6.45) is 0. The molecule has 0 aliphatic rings. The predicted molar refractivity (Wildman–Crippen MR) is 158 cm³/mol. The molecule has 0 aliphatic carbocycles. The summed E-state index contributed by atoms with van der Waals surface area (Å²) in [5, 5.41) is 3.29. The number of amides is 2. The Morgan fingerprint density at radius 2 is 1.65 bits per heavy atom. The van der Waals surface area contributed by atoms with Gasteiger partial charge in [-0.3, -0.25) is 13.9 Å². The molecule has 10 heteroatoms. The first-order chi connectivity index (χ1) is 18.8. The Morgan fingerprint density at radius 1 is 0.975 bits per heavy atom. The minimum Gasteiger partial charge on any atom is -0.497 e. The van der Waals surface area contributed by atoms with Crippen LogP contribution in [0.5, 0.6) is 5.75 Å². The molecule has 0 heterocycles. The highest BCUT2D eigenvalue weighted by Gasteiger charge is 2.33. The van der Waals surface area contributed by atoms with Gasteiger partial charge in [0.2, 0.25) is 11.8 Å². The molecule has 2 amide bonds. The van der Waals surface area contributed by atoms with Crippen molar-refractivity contribution in [1.29, 1.82) is 0 Å². The number of aryl methyl sites for hydroxylation is 2. The Balaban J connectivity index is 2.07. The number of anilines is 1. The fourth-order valence-corrected chi connectivity index (χ4v) is 5.91. The lowest BCUT2D eigenvalue weighted by molar-refractivity contribution is -0.139. The highest BCUT2D eigenvalue weighted by Crippen LogP contribution is 2.29. The molecule has 1 atom stereocenters. The molecule has 0 aromatic heterocycles. The molecule has 0 saturated carbocycles. The zero-order valence-electron chi connectivity index (χ0n) is 23.6. The molecule has 0 spiro atoms. The summed E-state index contributed by atoms with van der Waals surface area (Å²) in [6.45, 7) is 8.43. The largest absolute Gasteiger partial charge is 0.497 e. The smallest absolute Gasteiger partial charge is 0.264 e. The molecule has 0 saturated heterocycles. The van der Waals surface area contributed by atoms with E-state index in [-0.39, 0.29) is 23.4 Å². The fraction of sp³-hybridized carbons (Fsp3) is 0.333. The van der Waals surface area contributed by atoms with Crippen LogP contribution in [0.1, 0.15) is 37.5 Å². The van der Waals surface area contributed by atoms with Crippen LogP contribution in [-0.4, -0.2) is 50.9 Å². The molecule has 8 nitrogen and oxygen atoms in total. The van der Waals surface area contributed by atoms with Gasteiger partial charge in [-0.1, -0.05) is 41.4 Å². The summed E-state index contributed by atoms with van der Waals surface area (Å²) >= 11 is 6.16. The number of benzene rings is 3. The van der Waals surface area contributed by atoms with Crippen molar-refractivity contribution in [1.82, 2.24) is 10.2 Å². The van der Waals surface area contributed by atoms with Crippen LogP contribution in [0.4, 0.5) is 5.69 Å². The number of ether oxygens (including phenoxy) is 1. The first-order valence-electron chi connectivity index (χ1n) is 12.9. The molecule has 1 unspecified atom stereocenters. The van der Waals surface area contributed by atoms with E-state index in [2.05, 4.69) is 5.32 Å². The third-order valence-corrected chi connectivity index (χ3v) is 8.41. The van der Waals surface area contributed by atoms with E-state index in [9.17, 15) is 18.0 Å². The van der Waals surface area contributed by atoms with E-state index in [1.165, 1.54) is 17.0 Å². The second kappa shape index (κ2) is 13.2. The van der Waals surface area contributed by atoms with Gasteiger partial charge in [-0.25, -0.2) is 8.42 Å². The lowest BCUT2D eigenvalue weighted by Crippen LogP contribution is -2.52. The van der Waals surface area contributed by atoms with Crippen LogP contribution in [0.3, 0.4) is 0 Å². The van der Waals surface area contributed by atoms with Gasteiger partial charge in [0.15, 0.2) is 0 Å². The molecule has 1 N–H and O–H groups in total. The SMILES string of the molecule is COc1cccc(CN(C(=O)CN(c2ccc(Cl)cc2C)S(=O)(=O)c2ccc(C)cc2)C(C)C(=O)NC(C)C)c1. The van der Waals surface area contributed by atoms with Crippen LogP contribution in [0.15, 0.2) is 71.6 Å². The normalized spacial score (nSPS) is 12.1. The van der Waals surface area contributed by atoms with Crippen LogP contribution >= 0.6 is 11.6 Å². The van der Waals surface area contributed by atoms with Crippen LogP contribution in [0.25, 0.3) is 0 Å². The van der Waals surface area contributed by atoms with Crippen molar-refractivity contribution in [3.05, 3.63) is 88.4 Å². The average molecular weight is 586 g/mol. The van der Waals surface area contributed by atoms with E-state index in [4.69, 9.17) is 16.3 Å². The van der Waals surface area contributed by atoms with Crippen molar-refractivity contribution >= 4 is 39.1 Å². The number of halogens is 1. The van der Waals surface area contributed by atoms with Crippen molar-refractivity contribution < 1.29 is 22.7 Å². The van der Waals surface area contributed by atoms with Gasteiger partial charge >= 0.3 is 0 Å². The Hall–Kier alpha value is -3.56. The summed E-state index contributed by atoms with van der Waals surface area (Å²) < 4.78 is 34.3. The second-order valence-corrected chi connectivity index (χ2v) is 12.3. The van der Waals surface area contributed by atoms with E-state index in [1.807, 2.05) is 26.8 Å². The van der Waals surface area contributed by atoms with Gasteiger partial charge in [0.1, 0.15) is 18.3 Å². The number of rotatable bonds is 11. The predicted octanol–water partition coefficient (Wildman–Crippen LogP) is 5.10. The van der Waals surface area contributed by atoms with Crippen molar-refractivity contribution in [3.8, 4) is 5.75 Å². The lowest BCUT2D eigenvalue weighted by Gasteiger charge is -2.32. The molecular formula is C30H36ClN3O5S. The van der Waals surface area contributed by atoms with Crippen molar-refractivity contribution in [2.75, 3.05) is 18.0 Å². The molecule has 0 fully saturated rings. The van der Waals surface area contributed by atoms with Gasteiger partial charge in [0, 0.05) is 17.6 Å². The quantitative estimate of drug-likeness (QED) is 0.338. The van der Waals surface area contributed by atoms with Crippen LogP contribution < -0.4 is 14.4 Å². The Kier molecular flexibility index (Phi) is 10.2. The Morgan fingerprint density at radius 3 is 2.25 bits per heavy atom. The third kappa shape index (κ3) is 7.55. The van der Waals surface area contributed by atoms with Gasteiger partial charge in [-0.05, 0) is 88.2 Å². The number of hydrogen-bond donors (Lipinski definition) is 1. The topological polar surface area (TPSA) is 96.0 Å². The van der Waals surface area contributed by atoms with Gasteiger partial charge in [-0.2, -0.15) is 0 Å². The summed E-state index contributed by atoms with van der Waals surface area (Å²) in [7, 11) is -2.62. The standard InChI is InChI=1S/C30H36ClN3O5S/c1-20(2)32-30(36)23(5)33(18-24-8-7-9-26(17-24)39-6)29(35)19-34(28-15-12-25(31)16-22(28)4)40(37,38)27-13-10-21(3)11-14-27/h7-17,20,23H,18-19H2,1-6H3,(H,32,36). The van der Waals surface area contributed by atoms with Crippen molar-refractivity contribution in [2.24, 2.45) is 0 Å². The fourth-order valence-electron chi connectivity index (χ4n) is 4.20. The van der Waals surface area contributed by atoms with Crippen molar-refractivity contribution in [3.63, 3.8) is 0 Å². The van der Waals surface area contributed by atoms with E-state index in [0.717, 1.165) is 15.4 Å².